The summed E-state index contributed by atoms with van der Waals surface area (Å²) < 4.78 is 0. The monoisotopic (exact) mass is 420 g/mol. The van der Waals surface area contributed by atoms with Gasteiger partial charge in [-0.1, -0.05) is 72.8 Å². The second-order valence-electron chi connectivity index (χ2n) is 7.27. The van der Waals surface area contributed by atoms with E-state index in [-0.39, 0.29) is 23.2 Å². The lowest BCUT2D eigenvalue weighted by Crippen LogP contribution is -2.30. The number of nitrogens with zero attached hydrogens (tertiary/aromatic N) is 2. The van der Waals surface area contributed by atoms with Crippen molar-refractivity contribution in [2.45, 2.75) is 13.0 Å². The largest absolute Gasteiger partial charge is 0.345 e. The SMILES string of the molecule is CC(NC(=O)C(C#N)=C1N=C(NC(=O)c2ccccc2)c2ccccc21)c1ccccc1. The molecule has 1 heterocycles. The molecule has 2 N–H and O–H groups in total. The number of amidine groups is 1. The minimum atomic E-state index is -0.520. The number of nitrogens with one attached hydrogen (secondary N) is 2. The number of nitriles is 1. The molecule has 0 radical (unpaired) electrons. The van der Waals surface area contributed by atoms with Crippen LogP contribution in [0.15, 0.2) is 95.5 Å². The first-order valence-electron chi connectivity index (χ1n) is 10.1. The van der Waals surface area contributed by atoms with Crippen LogP contribution in [0, 0.1) is 11.3 Å². The van der Waals surface area contributed by atoms with Crippen molar-refractivity contribution in [1.82, 2.24) is 10.6 Å². The molecule has 3 aromatic rings. The fourth-order valence-electron chi connectivity index (χ4n) is 3.49. The highest BCUT2D eigenvalue weighted by molar-refractivity contribution is 6.20. The Morgan fingerprint density at radius 1 is 0.875 bits per heavy atom. The van der Waals surface area contributed by atoms with Crippen LogP contribution >= 0.6 is 0 Å². The molecule has 2 amide bonds. The minimum Gasteiger partial charge on any atom is -0.345 e. The van der Waals surface area contributed by atoms with Crippen LogP contribution < -0.4 is 10.6 Å². The predicted molar refractivity (Wildman–Crippen MR) is 122 cm³/mol. The summed E-state index contributed by atoms with van der Waals surface area (Å²) in [5.74, 6) is -0.532. The number of hydrogen-bond donors (Lipinski definition) is 2. The molecule has 0 bridgehead atoms. The fourth-order valence-corrected chi connectivity index (χ4v) is 3.49. The molecule has 0 fully saturated rings. The van der Waals surface area contributed by atoms with Crippen LogP contribution in [-0.4, -0.2) is 17.6 Å². The van der Waals surface area contributed by atoms with E-state index in [1.807, 2.05) is 55.5 Å². The quantitative estimate of drug-likeness (QED) is 0.494. The lowest BCUT2D eigenvalue weighted by atomic mass is 10.0. The Balaban J connectivity index is 1.66. The fraction of sp³-hybridized carbons (Fsp3) is 0.0769. The molecule has 32 heavy (non-hydrogen) atoms. The summed E-state index contributed by atoms with van der Waals surface area (Å²) in [7, 11) is 0. The average molecular weight is 420 g/mol. The van der Waals surface area contributed by atoms with Crippen molar-refractivity contribution in [2.24, 2.45) is 4.99 Å². The first-order chi connectivity index (χ1) is 15.6. The number of rotatable bonds is 4. The first-order valence-corrected chi connectivity index (χ1v) is 10.1. The molecule has 1 atom stereocenters. The summed E-state index contributed by atoms with van der Waals surface area (Å²) in [5.41, 5.74) is 2.82. The molecule has 3 aromatic carbocycles. The lowest BCUT2D eigenvalue weighted by Gasteiger charge is -2.14. The molecule has 1 unspecified atom stereocenters. The van der Waals surface area contributed by atoms with Crippen LogP contribution in [0.5, 0.6) is 0 Å². The number of hydrogen-bond acceptors (Lipinski definition) is 4. The van der Waals surface area contributed by atoms with Gasteiger partial charge in [0, 0.05) is 16.7 Å². The van der Waals surface area contributed by atoms with Crippen LogP contribution in [0.1, 0.15) is 40.0 Å². The zero-order valence-corrected chi connectivity index (χ0v) is 17.4. The van der Waals surface area contributed by atoms with E-state index in [1.54, 1.807) is 42.5 Å². The van der Waals surface area contributed by atoms with Crippen molar-refractivity contribution in [2.75, 3.05) is 0 Å². The highest BCUT2D eigenvalue weighted by Gasteiger charge is 2.27. The summed E-state index contributed by atoms with van der Waals surface area (Å²) in [6, 6.07) is 27.2. The number of amides is 2. The van der Waals surface area contributed by atoms with Gasteiger partial charge in [0.2, 0.25) is 0 Å². The molecular weight excluding hydrogens is 400 g/mol. The highest BCUT2D eigenvalue weighted by atomic mass is 16.2. The molecule has 0 saturated heterocycles. The molecule has 0 aromatic heterocycles. The molecule has 6 nitrogen and oxygen atoms in total. The summed E-state index contributed by atoms with van der Waals surface area (Å²) in [4.78, 5) is 30.1. The van der Waals surface area contributed by atoms with Crippen LogP contribution in [0.3, 0.4) is 0 Å². The summed E-state index contributed by atoms with van der Waals surface area (Å²) in [6.07, 6.45) is 0. The number of aliphatic imine (C=N–C) groups is 1. The minimum absolute atomic E-state index is 0.107. The Hall–Kier alpha value is -4.50. The zero-order valence-electron chi connectivity index (χ0n) is 17.4. The van der Waals surface area contributed by atoms with Gasteiger partial charge in [-0.3, -0.25) is 9.59 Å². The van der Waals surface area contributed by atoms with E-state index >= 15 is 0 Å². The van der Waals surface area contributed by atoms with Gasteiger partial charge >= 0.3 is 0 Å². The Morgan fingerprint density at radius 3 is 2.12 bits per heavy atom. The Labute approximate surface area is 185 Å². The normalized spacial score (nSPS) is 14.4. The van der Waals surface area contributed by atoms with Gasteiger partial charge in [-0.2, -0.15) is 5.26 Å². The molecule has 6 heteroatoms. The van der Waals surface area contributed by atoms with Gasteiger partial charge in [-0.15, -0.1) is 0 Å². The molecule has 1 aliphatic heterocycles. The molecule has 4 rings (SSSR count). The van der Waals surface area contributed by atoms with Crippen LogP contribution in [0.4, 0.5) is 0 Å². The molecule has 0 saturated carbocycles. The maximum absolute atomic E-state index is 13.0. The number of fused-ring (bicyclic) bond motifs is 1. The standard InChI is InChI=1S/C26H20N4O2/c1-17(18-10-4-2-5-11-18)28-26(32)22(16-27)23-20-14-8-9-15-21(20)24(29-23)30-25(31)19-12-6-3-7-13-19/h2-15,17H,1H3,(H,28,32)(H,29,30,31). The Bertz CT molecular complexity index is 1270. The highest BCUT2D eigenvalue weighted by Crippen LogP contribution is 2.31. The molecule has 1 aliphatic rings. The van der Waals surface area contributed by atoms with Gasteiger partial charge in [0.25, 0.3) is 11.8 Å². The number of carbonyl (C=O) groups is 2. The van der Waals surface area contributed by atoms with Gasteiger partial charge in [-0.05, 0) is 24.6 Å². The molecule has 156 valence electrons. The molecule has 0 spiro atoms. The third kappa shape index (κ3) is 4.18. The first kappa shape index (κ1) is 20.8. The summed E-state index contributed by atoms with van der Waals surface area (Å²) >= 11 is 0. The van der Waals surface area contributed by atoms with Crippen LogP contribution in [0.25, 0.3) is 5.70 Å². The van der Waals surface area contributed by atoms with E-state index in [9.17, 15) is 14.9 Å². The van der Waals surface area contributed by atoms with Gasteiger partial charge in [0.15, 0.2) is 0 Å². The smallest absolute Gasteiger partial charge is 0.264 e. The molecular formula is C26H20N4O2. The maximum Gasteiger partial charge on any atom is 0.264 e. The molecule has 0 aliphatic carbocycles. The van der Waals surface area contributed by atoms with Crippen molar-refractivity contribution in [3.05, 3.63) is 113 Å². The third-order valence-corrected chi connectivity index (χ3v) is 5.15. The van der Waals surface area contributed by atoms with Crippen molar-refractivity contribution >= 4 is 23.3 Å². The van der Waals surface area contributed by atoms with E-state index in [0.717, 1.165) is 5.56 Å². The van der Waals surface area contributed by atoms with E-state index in [0.29, 0.717) is 22.5 Å². The third-order valence-electron chi connectivity index (χ3n) is 5.15. The van der Waals surface area contributed by atoms with E-state index in [1.165, 1.54) is 0 Å². The van der Waals surface area contributed by atoms with Crippen molar-refractivity contribution in [3.63, 3.8) is 0 Å². The zero-order chi connectivity index (χ0) is 22.5. The number of benzene rings is 3. The lowest BCUT2D eigenvalue weighted by molar-refractivity contribution is -0.117. The van der Waals surface area contributed by atoms with Gasteiger partial charge < -0.3 is 10.6 Å². The van der Waals surface area contributed by atoms with E-state index in [4.69, 9.17) is 0 Å². The van der Waals surface area contributed by atoms with Gasteiger partial charge in [-0.25, -0.2) is 4.99 Å². The number of carbonyl (C=O) groups excluding carboxylic acids is 2. The van der Waals surface area contributed by atoms with Gasteiger partial charge in [0.05, 0.1) is 11.7 Å². The van der Waals surface area contributed by atoms with E-state index in [2.05, 4.69) is 15.6 Å². The second kappa shape index (κ2) is 9.11. The van der Waals surface area contributed by atoms with Crippen molar-refractivity contribution in [1.29, 1.82) is 5.26 Å². The predicted octanol–water partition coefficient (Wildman–Crippen LogP) is 3.99. The summed E-state index contributed by atoms with van der Waals surface area (Å²) in [5, 5.41) is 15.4. The Kier molecular flexibility index (Phi) is 5.91. The van der Waals surface area contributed by atoms with Crippen molar-refractivity contribution in [3.8, 4) is 6.07 Å². The Morgan fingerprint density at radius 2 is 1.47 bits per heavy atom. The average Bonchev–Trinajstić information content (AvgIpc) is 3.18. The topological polar surface area (TPSA) is 94.3 Å². The van der Waals surface area contributed by atoms with Gasteiger partial charge in [0.1, 0.15) is 17.5 Å². The van der Waals surface area contributed by atoms with Crippen LogP contribution in [0.2, 0.25) is 0 Å². The van der Waals surface area contributed by atoms with Crippen molar-refractivity contribution < 1.29 is 9.59 Å². The van der Waals surface area contributed by atoms with E-state index < -0.39 is 5.91 Å². The maximum atomic E-state index is 13.0. The second-order valence-corrected chi connectivity index (χ2v) is 7.27. The van der Waals surface area contributed by atoms with Crippen LogP contribution in [-0.2, 0) is 4.79 Å². The summed E-state index contributed by atoms with van der Waals surface area (Å²) in [6.45, 7) is 1.85.